The van der Waals surface area contributed by atoms with Crippen LogP contribution in [0.5, 0.6) is 0 Å². The minimum absolute atomic E-state index is 0.0230. The molecule has 0 N–H and O–H groups in total. The lowest BCUT2D eigenvalue weighted by Crippen LogP contribution is -2.41. The summed E-state index contributed by atoms with van der Waals surface area (Å²) in [6.45, 7) is 3.85. The zero-order valence-electron chi connectivity index (χ0n) is 19.7. The molecule has 184 valence electrons. The van der Waals surface area contributed by atoms with Crippen molar-refractivity contribution in [3.8, 4) is 0 Å². The van der Waals surface area contributed by atoms with E-state index in [2.05, 4.69) is 6.58 Å². The SMILES string of the molecule is C=Cc1ccc(C(=O)O[C@@H]2C[C@@H](C(=O)OCc3ccccc3)N(C(=O)OCc3ccccc3)C2)cc1. The molecule has 36 heavy (non-hydrogen) atoms. The normalized spacial score (nSPS) is 16.7. The van der Waals surface area contributed by atoms with Crippen molar-refractivity contribution >= 4 is 24.1 Å². The number of amides is 1. The van der Waals surface area contributed by atoms with Gasteiger partial charge in [0.05, 0.1) is 12.1 Å². The molecule has 0 aromatic heterocycles. The van der Waals surface area contributed by atoms with Gasteiger partial charge in [0, 0.05) is 6.42 Å². The molecule has 3 aromatic rings. The average Bonchev–Trinajstić information content (AvgIpc) is 3.35. The van der Waals surface area contributed by atoms with E-state index in [4.69, 9.17) is 14.2 Å². The quantitative estimate of drug-likeness (QED) is 0.330. The molecule has 1 fully saturated rings. The van der Waals surface area contributed by atoms with E-state index in [9.17, 15) is 14.4 Å². The monoisotopic (exact) mass is 485 g/mol. The van der Waals surface area contributed by atoms with E-state index < -0.39 is 30.2 Å². The van der Waals surface area contributed by atoms with Gasteiger partial charge in [-0.25, -0.2) is 14.4 Å². The lowest BCUT2D eigenvalue weighted by atomic mass is 10.1. The first-order valence-corrected chi connectivity index (χ1v) is 11.6. The number of benzene rings is 3. The predicted molar refractivity (Wildman–Crippen MR) is 134 cm³/mol. The fraction of sp³-hybridized carbons (Fsp3) is 0.207. The lowest BCUT2D eigenvalue weighted by Gasteiger charge is -2.22. The van der Waals surface area contributed by atoms with Crippen molar-refractivity contribution in [2.24, 2.45) is 0 Å². The van der Waals surface area contributed by atoms with Crippen molar-refractivity contribution < 1.29 is 28.6 Å². The third kappa shape index (κ3) is 6.39. The largest absolute Gasteiger partial charge is 0.459 e. The Morgan fingerprint density at radius 3 is 2.00 bits per heavy atom. The van der Waals surface area contributed by atoms with E-state index in [1.165, 1.54) is 4.90 Å². The Morgan fingerprint density at radius 1 is 0.833 bits per heavy atom. The fourth-order valence-electron chi connectivity index (χ4n) is 3.91. The molecule has 3 aromatic carbocycles. The molecule has 0 radical (unpaired) electrons. The summed E-state index contributed by atoms with van der Waals surface area (Å²) in [6, 6.07) is 24.4. The number of likely N-dealkylation sites (tertiary alicyclic amines) is 1. The van der Waals surface area contributed by atoms with E-state index in [1.807, 2.05) is 60.7 Å². The molecule has 4 rings (SSSR count). The molecule has 0 aliphatic carbocycles. The van der Waals surface area contributed by atoms with Crippen LogP contribution in [0.25, 0.3) is 6.08 Å². The zero-order chi connectivity index (χ0) is 25.3. The molecular formula is C29H27NO6. The van der Waals surface area contributed by atoms with Gasteiger partial charge in [-0.15, -0.1) is 0 Å². The van der Waals surface area contributed by atoms with E-state index in [0.29, 0.717) is 5.56 Å². The standard InChI is InChI=1S/C29H27NO6/c1-2-21-13-15-24(16-14-21)27(31)36-25-17-26(28(32)34-19-22-9-5-3-6-10-22)30(18-25)29(33)35-20-23-11-7-4-8-12-23/h2-16,25-26H,1,17-20H2/t25-,26+/m1/s1. The van der Waals surface area contributed by atoms with Gasteiger partial charge in [-0.3, -0.25) is 4.90 Å². The summed E-state index contributed by atoms with van der Waals surface area (Å²) in [5.41, 5.74) is 2.89. The van der Waals surface area contributed by atoms with Gasteiger partial charge in [-0.2, -0.15) is 0 Å². The molecule has 0 unspecified atom stereocenters. The maximum atomic E-state index is 13.0. The van der Waals surface area contributed by atoms with Crippen molar-refractivity contribution in [3.63, 3.8) is 0 Å². The topological polar surface area (TPSA) is 82.1 Å². The van der Waals surface area contributed by atoms with Crippen LogP contribution >= 0.6 is 0 Å². The number of carbonyl (C=O) groups excluding carboxylic acids is 3. The van der Waals surface area contributed by atoms with Crippen LogP contribution in [0.4, 0.5) is 4.79 Å². The number of ether oxygens (including phenoxy) is 3. The van der Waals surface area contributed by atoms with Crippen LogP contribution in [-0.2, 0) is 32.2 Å². The Labute approximate surface area is 209 Å². The number of carbonyl (C=O) groups is 3. The van der Waals surface area contributed by atoms with Crippen LogP contribution < -0.4 is 0 Å². The molecule has 1 aliphatic rings. The second kappa shape index (κ2) is 11.8. The second-order valence-electron chi connectivity index (χ2n) is 8.39. The Balaban J connectivity index is 1.43. The van der Waals surface area contributed by atoms with Gasteiger partial charge in [-0.05, 0) is 28.8 Å². The summed E-state index contributed by atoms with van der Waals surface area (Å²) in [5, 5.41) is 0. The summed E-state index contributed by atoms with van der Waals surface area (Å²) < 4.78 is 16.6. The van der Waals surface area contributed by atoms with Gasteiger partial charge >= 0.3 is 18.0 Å². The third-order valence-corrected chi connectivity index (χ3v) is 5.85. The predicted octanol–water partition coefficient (Wildman–Crippen LogP) is 5.01. The highest BCUT2D eigenvalue weighted by molar-refractivity contribution is 5.90. The second-order valence-corrected chi connectivity index (χ2v) is 8.39. The molecule has 1 amide bonds. The number of rotatable bonds is 8. The van der Waals surface area contributed by atoms with Crippen LogP contribution in [-0.4, -0.2) is 41.6 Å². The fourth-order valence-corrected chi connectivity index (χ4v) is 3.91. The van der Waals surface area contributed by atoms with E-state index in [-0.39, 0.29) is 26.2 Å². The number of esters is 2. The van der Waals surface area contributed by atoms with Gasteiger partial charge in [-0.1, -0.05) is 85.5 Å². The summed E-state index contributed by atoms with van der Waals surface area (Å²) in [7, 11) is 0. The van der Waals surface area contributed by atoms with Gasteiger partial charge in [0.2, 0.25) is 0 Å². The first-order chi connectivity index (χ1) is 17.5. The maximum absolute atomic E-state index is 13.0. The minimum atomic E-state index is -0.932. The van der Waals surface area contributed by atoms with Crippen molar-refractivity contribution in [2.75, 3.05) is 6.54 Å². The summed E-state index contributed by atoms with van der Waals surface area (Å²) >= 11 is 0. The highest BCUT2D eigenvalue weighted by Gasteiger charge is 2.43. The Kier molecular flexibility index (Phi) is 8.13. The molecule has 1 aliphatic heterocycles. The first kappa shape index (κ1) is 24.7. The van der Waals surface area contributed by atoms with Crippen molar-refractivity contribution in [3.05, 3.63) is 114 Å². The van der Waals surface area contributed by atoms with Gasteiger partial charge < -0.3 is 14.2 Å². The smallest absolute Gasteiger partial charge is 0.410 e. The van der Waals surface area contributed by atoms with Crippen LogP contribution in [0, 0.1) is 0 Å². The van der Waals surface area contributed by atoms with E-state index in [0.717, 1.165) is 16.7 Å². The van der Waals surface area contributed by atoms with Crippen molar-refractivity contribution in [1.82, 2.24) is 4.90 Å². The Morgan fingerprint density at radius 2 is 1.42 bits per heavy atom. The van der Waals surface area contributed by atoms with Gasteiger partial charge in [0.25, 0.3) is 0 Å². The number of hydrogen-bond acceptors (Lipinski definition) is 6. The van der Waals surface area contributed by atoms with Gasteiger partial charge in [0.15, 0.2) is 0 Å². The highest BCUT2D eigenvalue weighted by Crippen LogP contribution is 2.24. The first-order valence-electron chi connectivity index (χ1n) is 11.6. The summed E-state index contributed by atoms with van der Waals surface area (Å²) in [4.78, 5) is 39.8. The van der Waals surface area contributed by atoms with Crippen molar-refractivity contribution in [1.29, 1.82) is 0 Å². The molecule has 1 heterocycles. The van der Waals surface area contributed by atoms with Crippen LogP contribution in [0.15, 0.2) is 91.5 Å². The molecule has 2 atom stereocenters. The lowest BCUT2D eigenvalue weighted by molar-refractivity contribution is -0.149. The molecular weight excluding hydrogens is 458 g/mol. The van der Waals surface area contributed by atoms with E-state index in [1.54, 1.807) is 30.3 Å². The average molecular weight is 486 g/mol. The summed E-state index contributed by atoms with van der Waals surface area (Å²) in [5.74, 6) is -1.11. The van der Waals surface area contributed by atoms with Gasteiger partial charge in [0.1, 0.15) is 25.4 Å². The minimum Gasteiger partial charge on any atom is -0.459 e. The van der Waals surface area contributed by atoms with Crippen molar-refractivity contribution in [2.45, 2.75) is 31.8 Å². The Hall–Kier alpha value is -4.39. The highest BCUT2D eigenvalue weighted by atomic mass is 16.6. The number of hydrogen-bond donors (Lipinski definition) is 0. The van der Waals surface area contributed by atoms with E-state index >= 15 is 0 Å². The zero-order valence-corrected chi connectivity index (χ0v) is 19.7. The molecule has 0 spiro atoms. The Bertz CT molecular complexity index is 1130. The molecule has 0 bridgehead atoms. The van der Waals surface area contributed by atoms with Crippen LogP contribution in [0.3, 0.4) is 0 Å². The summed E-state index contributed by atoms with van der Waals surface area (Å²) in [6.07, 6.45) is 0.436. The molecule has 7 heteroatoms. The molecule has 7 nitrogen and oxygen atoms in total. The molecule has 0 saturated carbocycles. The maximum Gasteiger partial charge on any atom is 0.410 e. The van der Waals surface area contributed by atoms with Crippen LogP contribution in [0.1, 0.15) is 33.5 Å². The van der Waals surface area contributed by atoms with Crippen LogP contribution in [0.2, 0.25) is 0 Å². The third-order valence-electron chi connectivity index (χ3n) is 5.85. The molecule has 1 saturated heterocycles. The number of nitrogens with zero attached hydrogens (tertiary/aromatic N) is 1.